The van der Waals surface area contributed by atoms with Crippen LogP contribution < -0.4 is 15.4 Å². The number of hydrogen-bond acceptors (Lipinski definition) is 4. The van der Waals surface area contributed by atoms with Crippen molar-refractivity contribution in [2.45, 2.75) is 32.2 Å². The van der Waals surface area contributed by atoms with Gasteiger partial charge in [0.1, 0.15) is 5.75 Å². The molecule has 2 N–H and O–H groups in total. The van der Waals surface area contributed by atoms with Gasteiger partial charge in [0.05, 0.1) is 16.6 Å². The molecule has 1 fully saturated rings. The van der Waals surface area contributed by atoms with E-state index in [4.69, 9.17) is 27.9 Å². The van der Waals surface area contributed by atoms with Gasteiger partial charge < -0.3 is 15.4 Å². The highest BCUT2D eigenvalue weighted by Crippen LogP contribution is 2.26. The quantitative estimate of drug-likeness (QED) is 0.701. The van der Waals surface area contributed by atoms with Crippen molar-refractivity contribution in [3.63, 3.8) is 0 Å². The van der Waals surface area contributed by atoms with Crippen molar-refractivity contribution >= 4 is 35.0 Å². The largest absolute Gasteiger partial charge is 0.484 e. The molecule has 0 aliphatic carbocycles. The molecule has 2 rings (SSSR count). The molecule has 0 spiro atoms. The summed E-state index contributed by atoms with van der Waals surface area (Å²) in [5.74, 6) is 0.391. The number of halogens is 2. The summed E-state index contributed by atoms with van der Waals surface area (Å²) in [5, 5.41) is 6.68. The van der Waals surface area contributed by atoms with Gasteiger partial charge in [0.2, 0.25) is 5.91 Å². The van der Waals surface area contributed by atoms with Crippen LogP contribution in [0.2, 0.25) is 10.0 Å². The average Bonchev–Trinajstić information content (AvgIpc) is 2.62. The highest BCUT2D eigenvalue weighted by Gasteiger charge is 2.22. The predicted octanol–water partition coefficient (Wildman–Crippen LogP) is 2.48. The molecule has 1 aromatic rings. The van der Waals surface area contributed by atoms with Crippen LogP contribution in [-0.2, 0) is 9.59 Å². The Morgan fingerprint density at radius 2 is 1.92 bits per heavy atom. The fourth-order valence-corrected chi connectivity index (χ4v) is 3.03. The SMILES string of the molecule is CCCNC(=O)CN1CCC(NC(=O)COc2ccc(Cl)c(Cl)c2)CC1. The van der Waals surface area contributed by atoms with Crippen molar-refractivity contribution in [3.8, 4) is 5.75 Å². The summed E-state index contributed by atoms with van der Waals surface area (Å²) in [6.07, 6.45) is 2.57. The number of nitrogens with zero attached hydrogens (tertiary/aromatic N) is 1. The summed E-state index contributed by atoms with van der Waals surface area (Å²) in [5.41, 5.74) is 0. The lowest BCUT2D eigenvalue weighted by Gasteiger charge is -2.31. The second-order valence-corrected chi connectivity index (χ2v) is 7.15. The molecule has 1 heterocycles. The Hall–Kier alpha value is -1.50. The van der Waals surface area contributed by atoms with Crippen molar-refractivity contribution in [2.75, 3.05) is 32.8 Å². The number of benzene rings is 1. The van der Waals surface area contributed by atoms with Crippen LogP contribution in [0.5, 0.6) is 5.75 Å². The zero-order valence-electron chi connectivity index (χ0n) is 14.9. The Morgan fingerprint density at radius 1 is 1.19 bits per heavy atom. The zero-order valence-corrected chi connectivity index (χ0v) is 16.4. The number of ether oxygens (including phenoxy) is 1. The average molecular weight is 402 g/mol. The zero-order chi connectivity index (χ0) is 18.9. The van der Waals surface area contributed by atoms with E-state index in [1.54, 1.807) is 18.2 Å². The van der Waals surface area contributed by atoms with Gasteiger partial charge in [-0.15, -0.1) is 0 Å². The monoisotopic (exact) mass is 401 g/mol. The maximum absolute atomic E-state index is 12.0. The maximum atomic E-state index is 12.0. The molecule has 144 valence electrons. The van der Waals surface area contributed by atoms with Crippen molar-refractivity contribution < 1.29 is 14.3 Å². The summed E-state index contributed by atoms with van der Waals surface area (Å²) in [7, 11) is 0. The molecule has 0 saturated carbocycles. The van der Waals surface area contributed by atoms with Crippen LogP contribution >= 0.6 is 23.2 Å². The molecule has 1 aromatic carbocycles. The summed E-state index contributed by atoms with van der Waals surface area (Å²) in [6, 6.07) is 4.99. The van der Waals surface area contributed by atoms with E-state index in [2.05, 4.69) is 15.5 Å². The number of carbonyl (C=O) groups is 2. The highest BCUT2D eigenvalue weighted by atomic mass is 35.5. The van der Waals surface area contributed by atoms with Crippen LogP contribution in [0.1, 0.15) is 26.2 Å². The molecule has 6 nitrogen and oxygen atoms in total. The molecule has 0 radical (unpaired) electrons. The number of hydrogen-bond donors (Lipinski definition) is 2. The van der Waals surface area contributed by atoms with Gasteiger partial charge in [0.25, 0.3) is 5.91 Å². The third-order valence-corrected chi connectivity index (χ3v) is 4.89. The molecular weight excluding hydrogens is 377 g/mol. The Bertz CT molecular complexity index is 620. The summed E-state index contributed by atoms with van der Waals surface area (Å²) in [4.78, 5) is 25.9. The topological polar surface area (TPSA) is 70.7 Å². The van der Waals surface area contributed by atoms with Gasteiger partial charge in [-0.2, -0.15) is 0 Å². The first-order valence-corrected chi connectivity index (χ1v) is 9.59. The third-order valence-electron chi connectivity index (χ3n) is 4.15. The summed E-state index contributed by atoms with van der Waals surface area (Å²) in [6.45, 7) is 4.67. The van der Waals surface area contributed by atoms with Crippen molar-refractivity contribution in [1.82, 2.24) is 15.5 Å². The molecule has 26 heavy (non-hydrogen) atoms. The van der Waals surface area contributed by atoms with Crippen LogP contribution in [0.4, 0.5) is 0 Å². The number of carbonyl (C=O) groups excluding carboxylic acids is 2. The standard InChI is InChI=1S/C18H25Cl2N3O3/c1-2-7-21-17(24)11-23-8-5-13(6-9-23)22-18(25)12-26-14-3-4-15(19)16(20)10-14/h3-4,10,13H,2,5-9,11-12H2,1H3,(H,21,24)(H,22,25). The van der Waals surface area contributed by atoms with Crippen molar-refractivity contribution in [3.05, 3.63) is 28.2 Å². The molecule has 1 aliphatic rings. The van der Waals surface area contributed by atoms with Gasteiger partial charge in [0, 0.05) is 31.7 Å². The van der Waals surface area contributed by atoms with E-state index in [0.717, 1.165) is 32.4 Å². The molecule has 2 amide bonds. The predicted molar refractivity (Wildman–Crippen MR) is 103 cm³/mol. The minimum Gasteiger partial charge on any atom is -0.484 e. The van der Waals surface area contributed by atoms with E-state index in [-0.39, 0.29) is 24.5 Å². The van der Waals surface area contributed by atoms with E-state index in [0.29, 0.717) is 28.9 Å². The molecule has 0 unspecified atom stereocenters. The lowest BCUT2D eigenvalue weighted by Crippen LogP contribution is -2.48. The van der Waals surface area contributed by atoms with Gasteiger partial charge in [-0.1, -0.05) is 30.1 Å². The van der Waals surface area contributed by atoms with Gasteiger partial charge in [-0.05, 0) is 31.4 Å². The molecular formula is C18H25Cl2N3O3. The minimum absolute atomic E-state index is 0.0596. The molecule has 0 aromatic heterocycles. The Labute approximate surface area is 164 Å². The van der Waals surface area contributed by atoms with Crippen LogP contribution in [0.15, 0.2) is 18.2 Å². The lowest BCUT2D eigenvalue weighted by molar-refractivity contribution is -0.125. The third kappa shape index (κ3) is 7.02. The van der Waals surface area contributed by atoms with Crippen LogP contribution in [0.3, 0.4) is 0 Å². The van der Waals surface area contributed by atoms with Gasteiger partial charge in [0.15, 0.2) is 6.61 Å². The first-order valence-electron chi connectivity index (χ1n) is 8.84. The van der Waals surface area contributed by atoms with E-state index in [9.17, 15) is 9.59 Å². The molecule has 1 saturated heterocycles. The van der Waals surface area contributed by atoms with Crippen molar-refractivity contribution in [2.24, 2.45) is 0 Å². The van der Waals surface area contributed by atoms with E-state index >= 15 is 0 Å². The van der Waals surface area contributed by atoms with E-state index in [1.807, 2.05) is 6.92 Å². The van der Waals surface area contributed by atoms with Crippen LogP contribution in [0.25, 0.3) is 0 Å². The smallest absolute Gasteiger partial charge is 0.258 e. The lowest BCUT2D eigenvalue weighted by atomic mass is 10.1. The highest BCUT2D eigenvalue weighted by molar-refractivity contribution is 6.42. The van der Waals surface area contributed by atoms with Crippen molar-refractivity contribution in [1.29, 1.82) is 0 Å². The number of rotatable bonds is 8. The first kappa shape index (κ1) is 20.8. The maximum Gasteiger partial charge on any atom is 0.258 e. The summed E-state index contributed by atoms with van der Waals surface area (Å²) < 4.78 is 5.44. The first-order chi connectivity index (χ1) is 12.5. The van der Waals surface area contributed by atoms with Crippen LogP contribution in [0, 0.1) is 0 Å². The fourth-order valence-electron chi connectivity index (χ4n) is 2.74. The molecule has 0 bridgehead atoms. The normalized spacial score (nSPS) is 15.5. The Balaban J connectivity index is 1.66. The van der Waals surface area contributed by atoms with E-state index in [1.165, 1.54) is 0 Å². The van der Waals surface area contributed by atoms with Gasteiger partial charge >= 0.3 is 0 Å². The van der Waals surface area contributed by atoms with Gasteiger partial charge in [-0.25, -0.2) is 0 Å². The molecule has 0 atom stereocenters. The molecule has 1 aliphatic heterocycles. The number of nitrogens with one attached hydrogen (secondary N) is 2. The number of amides is 2. The second kappa shape index (κ2) is 10.6. The van der Waals surface area contributed by atoms with Crippen LogP contribution in [-0.4, -0.2) is 55.5 Å². The Kier molecular flexibility index (Phi) is 8.48. The second-order valence-electron chi connectivity index (χ2n) is 6.33. The Morgan fingerprint density at radius 3 is 2.58 bits per heavy atom. The van der Waals surface area contributed by atoms with Gasteiger partial charge in [-0.3, -0.25) is 14.5 Å². The minimum atomic E-state index is -0.171. The van der Waals surface area contributed by atoms with E-state index < -0.39 is 0 Å². The fraction of sp³-hybridized carbons (Fsp3) is 0.556. The molecule has 8 heteroatoms. The summed E-state index contributed by atoms with van der Waals surface area (Å²) >= 11 is 11.8. The number of piperidine rings is 1. The number of likely N-dealkylation sites (tertiary alicyclic amines) is 1.